The number of hydrogen-bond donors (Lipinski definition) is 2. The zero-order valence-corrected chi connectivity index (χ0v) is 13.2. The summed E-state index contributed by atoms with van der Waals surface area (Å²) in [7, 11) is 3.01. The standard InChI is InChI=1S/C15H15BrN2O3/c1-20-13-5-3-4-10(14(13)21-2)15(19)18-12-7-6-9(16)8-11(12)17/h3-8H,17H2,1-2H3,(H,18,19). The molecular weight excluding hydrogens is 336 g/mol. The Morgan fingerprint density at radius 1 is 1.19 bits per heavy atom. The van der Waals surface area contributed by atoms with E-state index in [1.165, 1.54) is 14.2 Å². The first-order chi connectivity index (χ1) is 10.1. The molecule has 2 aromatic rings. The third-order valence-corrected chi connectivity index (χ3v) is 3.40. The van der Waals surface area contributed by atoms with Gasteiger partial charge in [0.05, 0.1) is 31.2 Å². The highest BCUT2D eigenvalue weighted by Crippen LogP contribution is 2.32. The van der Waals surface area contributed by atoms with E-state index in [0.717, 1.165) is 4.47 Å². The molecule has 0 heterocycles. The van der Waals surface area contributed by atoms with Crippen molar-refractivity contribution in [3.8, 4) is 11.5 Å². The molecule has 0 saturated heterocycles. The van der Waals surface area contributed by atoms with Crippen LogP contribution in [0.4, 0.5) is 11.4 Å². The van der Waals surface area contributed by atoms with E-state index in [4.69, 9.17) is 15.2 Å². The van der Waals surface area contributed by atoms with E-state index >= 15 is 0 Å². The van der Waals surface area contributed by atoms with Crippen LogP contribution in [0, 0.1) is 0 Å². The predicted molar refractivity (Wildman–Crippen MR) is 86.1 cm³/mol. The number of nitrogens with one attached hydrogen (secondary N) is 1. The zero-order valence-electron chi connectivity index (χ0n) is 11.6. The number of carbonyl (C=O) groups is 1. The molecular formula is C15H15BrN2O3. The monoisotopic (exact) mass is 350 g/mol. The molecule has 0 bridgehead atoms. The quantitative estimate of drug-likeness (QED) is 0.829. The fourth-order valence-electron chi connectivity index (χ4n) is 1.90. The lowest BCUT2D eigenvalue weighted by Crippen LogP contribution is -2.14. The number of carbonyl (C=O) groups excluding carboxylic acids is 1. The van der Waals surface area contributed by atoms with E-state index in [2.05, 4.69) is 21.2 Å². The second-order valence-electron chi connectivity index (χ2n) is 4.23. The van der Waals surface area contributed by atoms with Gasteiger partial charge in [0.2, 0.25) is 0 Å². The maximum Gasteiger partial charge on any atom is 0.259 e. The van der Waals surface area contributed by atoms with Crippen LogP contribution in [0.2, 0.25) is 0 Å². The lowest BCUT2D eigenvalue weighted by atomic mass is 10.1. The van der Waals surface area contributed by atoms with Gasteiger partial charge in [-0.25, -0.2) is 0 Å². The minimum atomic E-state index is -0.320. The molecule has 2 aromatic carbocycles. The van der Waals surface area contributed by atoms with Crippen molar-refractivity contribution in [3.63, 3.8) is 0 Å². The molecule has 0 aliphatic carbocycles. The molecule has 0 spiro atoms. The van der Waals surface area contributed by atoms with E-state index in [1.807, 2.05) is 0 Å². The minimum absolute atomic E-state index is 0.320. The number of amides is 1. The molecule has 0 atom stereocenters. The molecule has 0 fully saturated rings. The highest BCUT2D eigenvalue weighted by atomic mass is 79.9. The fourth-order valence-corrected chi connectivity index (χ4v) is 2.28. The molecule has 0 aromatic heterocycles. The Balaban J connectivity index is 2.32. The summed E-state index contributed by atoms with van der Waals surface area (Å²) in [5.41, 5.74) is 7.26. The smallest absolute Gasteiger partial charge is 0.259 e. The van der Waals surface area contributed by atoms with Crippen LogP contribution in [-0.2, 0) is 0 Å². The number of nitrogens with two attached hydrogens (primary N) is 1. The Morgan fingerprint density at radius 2 is 1.95 bits per heavy atom. The molecule has 6 heteroatoms. The van der Waals surface area contributed by atoms with E-state index in [9.17, 15) is 4.79 Å². The Bertz CT molecular complexity index is 674. The molecule has 0 aliphatic rings. The Hall–Kier alpha value is -2.21. The molecule has 0 radical (unpaired) electrons. The van der Waals surface area contributed by atoms with Gasteiger partial charge in [0.1, 0.15) is 0 Å². The van der Waals surface area contributed by atoms with Gasteiger partial charge in [-0.1, -0.05) is 22.0 Å². The Kier molecular flexibility index (Phi) is 4.70. The SMILES string of the molecule is COc1cccc(C(=O)Nc2ccc(Br)cc2N)c1OC. The number of methoxy groups -OCH3 is 2. The molecule has 5 nitrogen and oxygen atoms in total. The number of rotatable bonds is 4. The average molecular weight is 351 g/mol. The van der Waals surface area contributed by atoms with Crippen LogP contribution in [0.1, 0.15) is 10.4 Å². The van der Waals surface area contributed by atoms with Gasteiger partial charge in [-0.05, 0) is 30.3 Å². The second-order valence-corrected chi connectivity index (χ2v) is 5.14. The minimum Gasteiger partial charge on any atom is -0.493 e. The fraction of sp³-hybridized carbons (Fsp3) is 0.133. The molecule has 0 unspecified atom stereocenters. The van der Waals surface area contributed by atoms with Crippen LogP contribution in [0.25, 0.3) is 0 Å². The highest BCUT2D eigenvalue weighted by molar-refractivity contribution is 9.10. The van der Waals surface area contributed by atoms with Gasteiger partial charge in [0.25, 0.3) is 5.91 Å². The third kappa shape index (κ3) is 3.28. The van der Waals surface area contributed by atoms with E-state index in [0.29, 0.717) is 28.4 Å². The summed E-state index contributed by atoms with van der Waals surface area (Å²) in [6.07, 6.45) is 0. The topological polar surface area (TPSA) is 73.6 Å². The summed E-state index contributed by atoms with van der Waals surface area (Å²) >= 11 is 3.32. The van der Waals surface area contributed by atoms with Gasteiger partial charge < -0.3 is 20.5 Å². The molecule has 1 amide bonds. The number of para-hydroxylation sites is 1. The van der Waals surface area contributed by atoms with E-state index in [1.54, 1.807) is 36.4 Å². The molecule has 110 valence electrons. The van der Waals surface area contributed by atoms with Crippen molar-refractivity contribution in [3.05, 3.63) is 46.4 Å². The number of ether oxygens (including phenoxy) is 2. The van der Waals surface area contributed by atoms with Gasteiger partial charge in [-0.15, -0.1) is 0 Å². The largest absolute Gasteiger partial charge is 0.493 e. The maximum absolute atomic E-state index is 12.4. The molecule has 3 N–H and O–H groups in total. The van der Waals surface area contributed by atoms with Crippen molar-refractivity contribution in [1.29, 1.82) is 0 Å². The van der Waals surface area contributed by atoms with Crippen LogP contribution in [0.15, 0.2) is 40.9 Å². The van der Waals surface area contributed by atoms with Gasteiger partial charge in [-0.3, -0.25) is 4.79 Å². The summed E-state index contributed by atoms with van der Waals surface area (Å²) in [5.74, 6) is 0.557. The number of benzene rings is 2. The van der Waals surface area contributed by atoms with E-state index < -0.39 is 0 Å². The van der Waals surface area contributed by atoms with Gasteiger partial charge in [0, 0.05) is 4.47 Å². The number of anilines is 2. The maximum atomic E-state index is 12.4. The highest BCUT2D eigenvalue weighted by Gasteiger charge is 2.17. The van der Waals surface area contributed by atoms with Crippen molar-refractivity contribution in [2.45, 2.75) is 0 Å². The van der Waals surface area contributed by atoms with Crippen LogP contribution in [0.5, 0.6) is 11.5 Å². The number of halogens is 1. The van der Waals surface area contributed by atoms with Crippen molar-refractivity contribution in [1.82, 2.24) is 0 Å². The van der Waals surface area contributed by atoms with Crippen LogP contribution in [0.3, 0.4) is 0 Å². The summed E-state index contributed by atoms with van der Waals surface area (Å²) < 4.78 is 11.3. The third-order valence-electron chi connectivity index (χ3n) is 2.91. The summed E-state index contributed by atoms with van der Waals surface area (Å²) in [4.78, 5) is 12.4. The average Bonchev–Trinajstić information content (AvgIpc) is 2.49. The lowest BCUT2D eigenvalue weighted by molar-refractivity contribution is 0.102. The molecule has 0 aliphatic heterocycles. The van der Waals surface area contributed by atoms with Gasteiger partial charge in [-0.2, -0.15) is 0 Å². The van der Waals surface area contributed by atoms with Crippen molar-refractivity contribution >= 4 is 33.2 Å². The van der Waals surface area contributed by atoms with Crippen LogP contribution in [-0.4, -0.2) is 20.1 Å². The molecule has 0 saturated carbocycles. The Labute approximate surface area is 131 Å². The molecule has 2 rings (SSSR count). The summed E-state index contributed by atoms with van der Waals surface area (Å²) in [6, 6.07) is 10.4. The number of hydrogen-bond acceptors (Lipinski definition) is 4. The van der Waals surface area contributed by atoms with E-state index in [-0.39, 0.29) is 5.91 Å². The normalized spacial score (nSPS) is 10.0. The van der Waals surface area contributed by atoms with Gasteiger partial charge in [0.15, 0.2) is 11.5 Å². The lowest BCUT2D eigenvalue weighted by Gasteiger charge is -2.13. The second kappa shape index (κ2) is 6.49. The first-order valence-corrected chi connectivity index (χ1v) is 6.93. The van der Waals surface area contributed by atoms with Gasteiger partial charge >= 0.3 is 0 Å². The van der Waals surface area contributed by atoms with Crippen LogP contribution >= 0.6 is 15.9 Å². The van der Waals surface area contributed by atoms with Crippen molar-refractivity contribution < 1.29 is 14.3 Å². The Morgan fingerprint density at radius 3 is 2.57 bits per heavy atom. The first kappa shape index (κ1) is 15.2. The summed E-state index contributed by atoms with van der Waals surface area (Å²) in [5, 5.41) is 2.76. The van der Waals surface area contributed by atoms with Crippen molar-refractivity contribution in [2.75, 3.05) is 25.3 Å². The van der Waals surface area contributed by atoms with Crippen molar-refractivity contribution in [2.24, 2.45) is 0 Å². The number of nitrogen functional groups attached to an aromatic ring is 1. The predicted octanol–water partition coefficient (Wildman–Crippen LogP) is 3.30. The summed E-state index contributed by atoms with van der Waals surface area (Å²) in [6.45, 7) is 0. The first-order valence-electron chi connectivity index (χ1n) is 6.14. The molecule has 21 heavy (non-hydrogen) atoms. The zero-order chi connectivity index (χ0) is 15.4. The van der Waals surface area contributed by atoms with Crippen LogP contribution < -0.4 is 20.5 Å².